The summed E-state index contributed by atoms with van der Waals surface area (Å²) in [5.74, 6) is 1.11. The molecule has 3 rings (SSSR count). The van der Waals surface area contributed by atoms with E-state index in [4.69, 9.17) is 0 Å². The minimum atomic E-state index is 0. The second-order valence-corrected chi connectivity index (χ2v) is 3.83. The standard InChI is InChI=1S/C11H13N3.ClH/c1-13-7-4-8-14-10-6-3-2-5-9(10)12-11(13)14;/h2-3,5-6H,4,7-8H2,1H3;1H. The van der Waals surface area contributed by atoms with Crippen molar-refractivity contribution in [2.45, 2.75) is 13.0 Å². The van der Waals surface area contributed by atoms with Crippen LogP contribution in [0.4, 0.5) is 5.95 Å². The zero-order chi connectivity index (χ0) is 9.54. The number of benzene rings is 1. The predicted molar refractivity (Wildman–Crippen MR) is 64.9 cm³/mol. The molecule has 0 N–H and O–H groups in total. The molecule has 1 aromatic heterocycles. The van der Waals surface area contributed by atoms with Gasteiger partial charge in [-0.05, 0) is 18.6 Å². The first-order chi connectivity index (χ1) is 6.86. The number of fused-ring (bicyclic) bond motifs is 3. The van der Waals surface area contributed by atoms with Crippen molar-refractivity contribution in [1.82, 2.24) is 9.55 Å². The molecule has 0 saturated heterocycles. The lowest BCUT2D eigenvalue weighted by Crippen LogP contribution is -2.28. The van der Waals surface area contributed by atoms with E-state index < -0.39 is 0 Å². The second-order valence-electron chi connectivity index (χ2n) is 3.83. The molecule has 2 aromatic rings. The fraction of sp³-hybridized carbons (Fsp3) is 0.364. The molecule has 0 fully saturated rings. The van der Waals surface area contributed by atoms with Crippen LogP contribution in [0.2, 0.25) is 0 Å². The van der Waals surface area contributed by atoms with Gasteiger partial charge in [0.25, 0.3) is 0 Å². The van der Waals surface area contributed by atoms with Gasteiger partial charge >= 0.3 is 0 Å². The third-order valence-corrected chi connectivity index (χ3v) is 2.85. The molecule has 80 valence electrons. The predicted octanol–water partition coefficient (Wildman–Crippen LogP) is 2.30. The van der Waals surface area contributed by atoms with E-state index in [1.54, 1.807) is 0 Å². The fourth-order valence-corrected chi connectivity index (χ4v) is 2.14. The summed E-state index contributed by atoms with van der Waals surface area (Å²) >= 11 is 0. The number of aromatic nitrogens is 2. The van der Waals surface area contributed by atoms with Gasteiger partial charge in [0.1, 0.15) is 0 Å². The van der Waals surface area contributed by atoms with Crippen molar-refractivity contribution in [3.05, 3.63) is 24.3 Å². The van der Waals surface area contributed by atoms with Crippen LogP contribution < -0.4 is 4.90 Å². The van der Waals surface area contributed by atoms with Crippen molar-refractivity contribution in [1.29, 1.82) is 0 Å². The van der Waals surface area contributed by atoms with Gasteiger partial charge in [-0.2, -0.15) is 0 Å². The Morgan fingerprint density at radius 1 is 1.20 bits per heavy atom. The third-order valence-electron chi connectivity index (χ3n) is 2.85. The van der Waals surface area contributed by atoms with E-state index in [-0.39, 0.29) is 12.4 Å². The van der Waals surface area contributed by atoms with Crippen LogP contribution in [0.15, 0.2) is 24.3 Å². The normalized spacial score (nSPS) is 14.9. The molecule has 0 atom stereocenters. The van der Waals surface area contributed by atoms with Gasteiger partial charge in [0, 0.05) is 20.1 Å². The lowest BCUT2D eigenvalue weighted by molar-refractivity contribution is 0.591. The highest BCUT2D eigenvalue weighted by Gasteiger charge is 2.17. The van der Waals surface area contributed by atoms with Gasteiger partial charge in [0.05, 0.1) is 11.0 Å². The Balaban J connectivity index is 0.000000853. The molecule has 3 nitrogen and oxygen atoms in total. The zero-order valence-corrected chi connectivity index (χ0v) is 9.50. The number of halogens is 1. The minimum absolute atomic E-state index is 0. The number of hydrogen-bond donors (Lipinski definition) is 0. The van der Waals surface area contributed by atoms with Gasteiger partial charge in [0.2, 0.25) is 5.95 Å². The first kappa shape index (κ1) is 10.3. The molecule has 0 spiro atoms. The van der Waals surface area contributed by atoms with Gasteiger partial charge in [-0.15, -0.1) is 12.4 Å². The van der Waals surface area contributed by atoms with Crippen molar-refractivity contribution in [2.75, 3.05) is 18.5 Å². The summed E-state index contributed by atoms with van der Waals surface area (Å²) in [7, 11) is 2.11. The molecule has 4 heteroatoms. The molecule has 0 aliphatic carbocycles. The Hall–Kier alpha value is -1.22. The molecule has 15 heavy (non-hydrogen) atoms. The van der Waals surface area contributed by atoms with E-state index in [2.05, 4.69) is 39.7 Å². The van der Waals surface area contributed by atoms with Gasteiger partial charge in [-0.1, -0.05) is 12.1 Å². The lowest BCUT2D eigenvalue weighted by atomic mass is 10.3. The Kier molecular flexibility index (Phi) is 2.57. The van der Waals surface area contributed by atoms with Crippen LogP contribution in [0.3, 0.4) is 0 Å². The molecule has 1 aromatic carbocycles. The number of nitrogens with zero attached hydrogens (tertiary/aromatic N) is 3. The van der Waals surface area contributed by atoms with E-state index in [0.29, 0.717) is 0 Å². The minimum Gasteiger partial charge on any atom is -0.345 e. The molecule has 2 heterocycles. The molecule has 0 unspecified atom stereocenters. The third kappa shape index (κ3) is 1.47. The van der Waals surface area contributed by atoms with Crippen LogP contribution in [0.5, 0.6) is 0 Å². The highest BCUT2D eigenvalue weighted by molar-refractivity contribution is 5.85. The van der Waals surface area contributed by atoms with Gasteiger partial charge in [-0.3, -0.25) is 0 Å². The highest BCUT2D eigenvalue weighted by atomic mass is 35.5. The highest BCUT2D eigenvalue weighted by Crippen LogP contribution is 2.24. The Morgan fingerprint density at radius 2 is 2.00 bits per heavy atom. The van der Waals surface area contributed by atoms with Crippen LogP contribution in [-0.2, 0) is 6.54 Å². The van der Waals surface area contributed by atoms with E-state index in [9.17, 15) is 0 Å². The molecule has 1 aliphatic heterocycles. The van der Waals surface area contributed by atoms with Crippen LogP contribution in [0.25, 0.3) is 11.0 Å². The molecule has 0 radical (unpaired) electrons. The van der Waals surface area contributed by atoms with E-state index in [1.165, 1.54) is 11.9 Å². The average molecular weight is 224 g/mol. The summed E-state index contributed by atoms with van der Waals surface area (Å²) in [5, 5.41) is 0. The Bertz CT molecular complexity index is 478. The first-order valence-corrected chi connectivity index (χ1v) is 5.03. The monoisotopic (exact) mass is 223 g/mol. The molecular formula is C11H14ClN3. The maximum absolute atomic E-state index is 4.62. The van der Waals surface area contributed by atoms with Gasteiger partial charge in [0.15, 0.2) is 0 Å². The number of aryl methyl sites for hydroxylation is 1. The first-order valence-electron chi connectivity index (χ1n) is 5.03. The lowest BCUT2D eigenvalue weighted by Gasteiger charge is -2.24. The van der Waals surface area contributed by atoms with Crippen molar-refractivity contribution in [3.63, 3.8) is 0 Å². The molecule has 0 saturated carbocycles. The molecule has 1 aliphatic rings. The number of imidazole rings is 1. The number of anilines is 1. The topological polar surface area (TPSA) is 21.1 Å². The fourth-order valence-electron chi connectivity index (χ4n) is 2.14. The quantitative estimate of drug-likeness (QED) is 0.684. The van der Waals surface area contributed by atoms with Gasteiger partial charge in [-0.25, -0.2) is 4.98 Å². The van der Waals surface area contributed by atoms with Crippen LogP contribution in [0, 0.1) is 0 Å². The van der Waals surface area contributed by atoms with E-state index in [1.807, 2.05) is 6.07 Å². The molecular weight excluding hydrogens is 210 g/mol. The van der Waals surface area contributed by atoms with Crippen LogP contribution >= 0.6 is 12.4 Å². The second kappa shape index (κ2) is 3.74. The van der Waals surface area contributed by atoms with Crippen LogP contribution in [-0.4, -0.2) is 23.1 Å². The molecule has 0 bridgehead atoms. The largest absolute Gasteiger partial charge is 0.345 e. The Labute approximate surface area is 95.1 Å². The average Bonchev–Trinajstić information content (AvgIpc) is 2.59. The van der Waals surface area contributed by atoms with Crippen molar-refractivity contribution < 1.29 is 0 Å². The Morgan fingerprint density at radius 3 is 2.87 bits per heavy atom. The van der Waals surface area contributed by atoms with Crippen LogP contribution in [0.1, 0.15) is 6.42 Å². The smallest absolute Gasteiger partial charge is 0.206 e. The summed E-state index contributed by atoms with van der Waals surface area (Å²) in [4.78, 5) is 6.85. The number of para-hydroxylation sites is 2. The number of hydrogen-bond acceptors (Lipinski definition) is 2. The maximum atomic E-state index is 4.62. The zero-order valence-electron chi connectivity index (χ0n) is 8.68. The summed E-state index contributed by atoms with van der Waals surface area (Å²) in [6.07, 6.45) is 1.21. The number of rotatable bonds is 0. The van der Waals surface area contributed by atoms with E-state index >= 15 is 0 Å². The maximum Gasteiger partial charge on any atom is 0.206 e. The summed E-state index contributed by atoms with van der Waals surface area (Å²) < 4.78 is 2.30. The summed E-state index contributed by atoms with van der Waals surface area (Å²) in [6.45, 7) is 2.21. The van der Waals surface area contributed by atoms with Gasteiger partial charge < -0.3 is 9.47 Å². The summed E-state index contributed by atoms with van der Waals surface area (Å²) in [6, 6.07) is 8.34. The van der Waals surface area contributed by atoms with Crippen molar-refractivity contribution in [3.8, 4) is 0 Å². The molecule has 0 amide bonds. The SMILES string of the molecule is CN1CCCn2c1nc1ccccc12.Cl. The van der Waals surface area contributed by atoms with Crippen molar-refractivity contribution in [2.24, 2.45) is 0 Å². The van der Waals surface area contributed by atoms with Crippen molar-refractivity contribution >= 4 is 29.4 Å². The van der Waals surface area contributed by atoms with E-state index in [0.717, 1.165) is 24.6 Å². The summed E-state index contributed by atoms with van der Waals surface area (Å²) in [5.41, 5.74) is 2.37.